The lowest BCUT2D eigenvalue weighted by atomic mass is 9.91. The lowest BCUT2D eigenvalue weighted by Crippen LogP contribution is -2.19. The van der Waals surface area contributed by atoms with Crippen LogP contribution >= 0.6 is 23.5 Å². The molecule has 31 heavy (non-hydrogen) atoms. The molecule has 2 rings (SSSR count). The van der Waals surface area contributed by atoms with Crippen LogP contribution in [0.2, 0.25) is 0 Å². The van der Waals surface area contributed by atoms with Crippen molar-refractivity contribution in [3.8, 4) is 0 Å². The molecule has 0 spiro atoms. The normalized spacial score (nSPS) is 14.1. The van der Waals surface area contributed by atoms with Crippen LogP contribution in [0.1, 0.15) is 69.9 Å². The molecule has 2 atom stereocenters. The SMILES string of the molecule is CCCC(CC(CC(=O)O)CC(CCC)SCc1ccccc1)SCc1ccccc1. The summed E-state index contributed by atoms with van der Waals surface area (Å²) in [5, 5.41) is 10.6. The molecule has 2 aromatic rings. The molecule has 0 saturated carbocycles. The maximum Gasteiger partial charge on any atom is 0.303 e. The zero-order valence-corrected chi connectivity index (χ0v) is 20.7. The predicted octanol–water partition coefficient (Wildman–Crippen LogP) is 8.06. The van der Waals surface area contributed by atoms with Gasteiger partial charge >= 0.3 is 5.97 Å². The van der Waals surface area contributed by atoms with Crippen LogP contribution in [0, 0.1) is 5.92 Å². The number of carboxylic acids is 1. The number of carbonyl (C=O) groups is 1. The third-order valence-corrected chi connectivity index (χ3v) is 8.33. The second-order valence-corrected chi connectivity index (χ2v) is 10.9. The monoisotopic (exact) mass is 458 g/mol. The van der Waals surface area contributed by atoms with Gasteiger partial charge in [0.25, 0.3) is 0 Å². The number of hydrogen-bond donors (Lipinski definition) is 1. The van der Waals surface area contributed by atoms with Crippen molar-refractivity contribution in [2.75, 3.05) is 0 Å². The van der Waals surface area contributed by atoms with Crippen molar-refractivity contribution >= 4 is 29.5 Å². The topological polar surface area (TPSA) is 37.3 Å². The standard InChI is InChI=1S/C27H38O2S2/c1-3-11-25(30-20-22-13-7-5-8-14-22)17-24(19-27(28)29)18-26(12-4-2)31-21-23-15-9-6-10-16-23/h5-10,13-16,24-26H,3-4,11-12,17-21H2,1-2H3,(H,28,29). The van der Waals surface area contributed by atoms with Gasteiger partial charge in [0.2, 0.25) is 0 Å². The number of hydrogen-bond acceptors (Lipinski definition) is 3. The minimum atomic E-state index is -0.656. The molecule has 1 N–H and O–H groups in total. The van der Waals surface area contributed by atoms with Crippen molar-refractivity contribution in [1.29, 1.82) is 0 Å². The number of thioether (sulfide) groups is 2. The van der Waals surface area contributed by atoms with Gasteiger partial charge in [-0.25, -0.2) is 0 Å². The highest BCUT2D eigenvalue weighted by atomic mass is 32.2. The summed E-state index contributed by atoms with van der Waals surface area (Å²) in [6.45, 7) is 4.47. The zero-order valence-electron chi connectivity index (χ0n) is 19.0. The molecule has 2 unspecified atom stereocenters. The van der Waals surface area contributed by atoms with E-state index in [1.54, 1.807) is 0 Å². The summed E-state index contributed by atoms with van der Waals surface area (Å²) in [6, 6.07) is 21.2. The molecule has 0 saturated heterocycles. The fourth-order valence-corrected chi connectivity index (χ4v) is 6.87. The van der Waals surface area contributed by atoms with Gasteiger partial charge < -0.3 is 5.11 Å². The Morgan fingerprint density at radius 1 is 0.774 bits per heavy atom. The number of carboxylic acid groups (broad SMARTS) is 1. The molecule has 2 aromatic carbocycles. The maximum atomic E-state index is 11.6. The van der Waals surface area contributed by atoms with Crippen LogP contribution < -0.4 is 0 Å². The van der Waals surface area contributed by atoms with E-state index in [1.165, 1.54) is 11.1 Å². The van der Waals surface area contributed by atoms with Crippen molar-refractivity contribution in [2.45, 2.75) is 80.8 Å². The Morgan fingerprint density at radius 3 is 1.55 bits per heavy atom. The highest BCUT2D eigenvalue weighted by Crippen LogP contribution is 2.34. The van der Waals surface area contributed by atoms with Crippen LogP contribution in [0.15, 0.2) is 60.7 Å². The Hall–Kier alpha value is -1.39. The van der Waals surface area contributed by atoms with Gasteiger partial charge in [-0.3, -0.25) is 4.79 Å². The van der Waals surface area contributed by atoms with Crippen molar-refractivity contribution < 1.29 is 9.90 Å². The molecule has 0 fully saturated rings. The van der Waals surface area contributed by atoms with Crippen LogP contribution in [0.3, 0.4) is 0 Å². The molecular weight excluding hydrogens is 420 g/mol. The highest BCUT2D eigenvalue weighted by molar-refractivity contribution is 7.99. The summed E-state index contributed by atoms with van der Waals surface area (Å²) in [6.07, 6.45) is 6.90. The van der Waals surface area contributed by atoms with Crippen molar-refractivity contribution in [3.05, 3.63) is 71.8 Å². The number of aliphatic carboxylic acids is 1. The van der Waals surface area contributed by atoms with Crippen LogP contribution in [0.25, 0.3) is 0 Å². The summed E-state index contributed by atoms with van der Waals surface area (Å²) < 4.78 is 0. The molecule has 0 amide bonds. The molecule has 0 heterocycles. The lowest BCUT2D eigenvalue weighted by Gasteiger charge is -2.26. The summed E-state index contributed by atoms with van der Waals surface area (Å²) in [4.78, 5) is 11.6. The summed E-state index contributed by atoms with van der Waals surface area (Å²) >= 11 is 4.01. The fraction of sp³-hybridized carbons (Fsp3) is 0.519. The van der Waals surface area contributed by atoms with E-state index in [0.717, 1.165) is 50.0 Å². The molecule has 170 valence electrons. The highest BCUT2D eigenvalue weighted by Gasteiger charge is 2.23. The number of benzene rings is 2. The van der Waals surface area contributed by atoms with Gasteiger partial charge in [-0.15, -0.1) is 0 Å². The Bertz CT molecular complexity index is 665. The van der Waals surface area contributed by atoms with Gasteiger partial charge in [0, 0.05) is 28.4 Å². The Balaban J connectivity index is 1.97. The van der Waals surface area contributed by atoms with Gasteiger partial charge in [-0.05, 0) is 42.7 Å². The van der Waals surface area contributed by atoms with Crippen molar-refractivity contribution in [1.82, 2.24) is 0 Å². The molecule has 0 aliphatic heterocycles. The quantitative estimate of drug-likeness (QED) is 0.276. The van der Waals surface area contributed by atoms with Crippen molar-refractivity contribution in [2.24, 2.45) is 5.92 Å². The Kier molecular flexibility index (Phi) is 12.9. The van der Waals surface area contributed by atoms with E-state index in [1.807, 2.05) is 23.5 Å². The van der Waals surface area contributed by atoms with Gasteiger partial charge in [0.1, 0.15) is 0 Å². The van der Waals surface area contributed by atoms with E-state index in [9.17, 15) is 9.90 Å². The molecule has 0 radical (unpaired) electrons. The predicted molar refractivity (Wildman–Crippen MR) is 138 cm³/mol. The first-order valence-electron chi connectivity index (χ1n) is 11.6. The van der Waals surface area contributed by atoms with E-state index in [-0.39, 0.29) is 12.3 Å². The first-order valence-corrected chi connectivity index (χ1v) is 13.7. The molecule has 0 aromatic heterocycles. The van der Waals surface area contributed by atoms with Crippen LogP contribution in [0.4, 0.5) is 0 Å². The molecule has 0 aliphatic carbocycles. The van der Waals surface area contributed by atoms with Gasteiger partial charge in [-0.1, -0.05) is 87.4 Å². The Labute approximate surface area is 197 Å². The van der Waals surface area contributed by atoms with E-state index in [0.29, 0.717) is 10.5 Å². The number of rotatable bonds is 16. The third kappa shape index (κ3) is 11.2. The Morgan fingerprint density at radius 2 is 1.19 bits per heavy atom. The molecular formula is C27H38O2S2. The average molecular weight is 459 g/mol. The fourth-order valence-electron chi connectivity index (χ4n) is 4.01. The minimum absolute atomic E-state index is 0.247. The first-order chi connectivity index (χ1) is 15.1. The second-order valence-electron chi connectivity index (χ2n) is 8.35. The van der Waals surface area contributed by atoms with Crippen LogP contribution in [0.5, 0.6) is 0 Å². The van der Waals surface area contributed by atoms with E-state index in [2.05, 4.69) is 74.5 Å². The lowest BCUT2D eigenvalue weighted by molar-refractivity contribution is -0.138. The molecule has 2 nitrogen and oxygen atoms in total. The summed E-state index contributed by atoms with van der Waals surface area (Å²) in [5.74, 6) is 1.60. The van der Waals surface area contributed by atoms with E-state index >= 15 is 0 Å². The largest absolute Gasteiger partial charge is 0.481 e. The second kappa shape index (κ2) is 15.4. The minimum Gasteiger partial charge on any atom is -0.481 e. The van der Waals surface area contributed by atoms with Gasteiger partial charge in [0.15, 0.2) is 0 Å². The van der Waals surface area contributed by atoms with Crippen molar-refractivity contribution in [3.63, 3.8) is 0 Å². The average Bonchev–Trinajstić information content (AvgIpc) is 2.77. The smallest absolute Gasteiger partial charge is 0.303 e. The van der Waals surface area contributed by atoms with E-state index in [4.69, 9.17) is 0 Å². The van der Waals surface area contributed by atoms with Crippen LogP contribution in [-0.2, 0) is 16.3 Å². The summed E-state index contributed by atoms with van der Waals surface area (Å²) in [5.41, 5.74) is 2.70. The van der Waals surface area contributed by atoms with Crippen LogP contribution in [-0.4, -0.2) is 21.6 Å². The molecule has 0 bridgehead atoms. The third-order valence-electron chi connectivity index (χ3n) is 5.53. The zero-order chi connectivity index (χ0) is 22.3. The van der Waals surface area contributed by atoms with Gasteiger partial charge in [0.05, 0.1) is 0 Å². The molecule has 0 aliphatic rings. The maximum absolute atomic E-state index is 11.6. The van der Waals surface area contributed by atoms with Gasteiger partial charge in [-0.2, -0.15) is 23.5 Å². The first kappa shape index (κ1) is 25.9. The molecule has 4 heteroatoms. The summed E-state index contributed by atoms with van der Waals surface area (Å²) in [7, 11) is 0. The van der Waals surface area contributed by atoms with E-state index < -0.39 is 5.97 Å².